The minimum atomic E-state index is 0.115. The maximum atomic E-state index is 9.02. The van der Waals surface area contributed by atoms with Gasteiger partial charge in [0.15, 0.2) is 0 Å². The Hall–Kier alpha value is -1.17. The minimum absolute atomic E-state index is 0.115. The van der Waals surface area contributed by atoms with Crippen molar-refractivity contribution < 1.29 is 9.84 Å². The Kier molecular flexibility index (Phi) is 6.54. The van der Waals surface area contributed by atoms with Gasteiger partial charge in [0.2, 0.25) is 0 Å². The first kappa shape index (κ1) is 13.9. The van der Waals surface area contributed by atoms with Gasteiger partial charge in [-0.3, -0.25) is 0 Å². The van der Waals surface area contributed by atoms with E-state index in [2.05, 4.69) is 10.3 Å². The fraction of sp³-hybridized carbons (Fsp3) is 0.583. The van der Waals surface area contributed by atoms with Crippen molar-refractivity contribution in [1.29, 1.82) is 0 Å². The first-order valence-corrected chi connectivity index (χ1v) is 5.76. The monoisotopic (exact) mass is 239 g/mol. The van der Waals surface area contributed by atoms with Gasteiger partial charge >= 0.3 is 0 Å². The lowest BCUT2D eigenvalue weighted by Gasteiger charge is -2.22. The fourth-order valence-corrected chi connectivity index (χ4v) is 1.58. The zero-order valence-corrected chi connectivity index (χ0v) is 10.5. The SMILES string of the molecule is CNCc1ccc(N(CCO)CCOC)nc1. The molecule has 0 aliphatic heterocycles. The second kappa shape index (κ2) is 8.00. The molecule has 96 valence electrons. The highest BCUT2D eigenvalue weighted by Gasteiger charge is 2.06. The molecule has 1 aromatic heterocycles. The summed E-state index contributed by atoms with van der Waals surface area (Å²) in [5.74, 6) is 0.871. The van der Waals surface area contributed by atoms with E-state index in [1.54, 1.807) is 7.11 Å². The van der Waals surface area contributed by atoms with Gasteiger partial charge in [0.05, 0.1) is 13.2 Å². The maximum absolute atomic E-state index is 9.02. The van der Waals surface area contributed by atoms with E-state index in [1.165, 1.54) is 0 Å². The normalized spacial score (nSPS) is 10.5. The number of aliphatic hydroxyl groups excluding tert-OH is 1. The molecule has 0 atom stereocenters. The Bertz CT molecular complexity index is 303. The second-order valence-electron chi connectivity index (χ2n) is 3.76. The van der Waals surface area contributed by atoms with Crippen molar-refractivity contribution >= 4 is 5.82 Å². The molecule has 0 aliphatic carbocycles. The number of aromatic nitrogens is 1. The van der Waals surface area contributed by atoms with Crippen molar-refractivity contribution in [3.8, 4) is 0 Å². The molecule has 0 aliphatic rings. The predicted octanol–water partition coefficient (Wildman–Crippen LogP) is 0.246. The summed E-state index contributed by atoms with van der Waals surface area (Å²) in [6.45, 7) is 2.85. The number of anilines is 1. The van der Waals surface area contributed by atoms with Crippen LogP contribution in [0.3, 0.4) is 0 Å². The fourth-order valence-electron chi connectivity index (χ4n) is 1.58. The number of rotatable bonds is 8. The zero-order chi connectivity index (χ0) is 12.5. The molecule has 17 heavy (non-hydrogen) atoms. The third-order valence-electron chi connectivity index (χ3n) is 2.45. The summed E-state index contributed by atoms with van der Waals surface area (Å²) in [7, 11) is 3.57. The lowest BCUT2D eigenvalue weighted by atomic mass is 10.2. The molecule has 5 nitrogen and oxygen atoms in total. The van der Waals surface area contributed by atoms with E-state index in [0.29, 0.717) is 13.2 Å². The van der Waals surface area contributed by atoms with E-state index in [-0.39, 0.29) is 6.61 Å². The summed E-state index contributed by atoms with van der Waals surface area (Å²) in [5, 5.41) is 12.1. The summed E-state index contributed by atoms with van der Waals surface area (Å²) in [6, 6.07) is 4.01. The molecule has 0 radical (unpaired) electrons. The smallest absolute Gasteiger partial charge is 0.128 e. The Morgan fingerprint density at radius 3 is 2.76 bits per heavy atom. The van der Waals surface area contributed by atoms with E-state index in [4.69, 9.17) is 9.84 Å². The quantitative estimate of drug-likeness (QED) is 0.681. The van der Waals surface area contributed by atoms with Crippen molar-refractivity contribution in [2.24, 2.45) is 0 Å². The third-order valence-corrected chi connectivity index (χ3v) is 2.45. The van der Waals surface area contributed by atoms with Crippen molar-refractivity contribution in [2.75, 3.05) is 45.4 Å². The summed E-state index contributed by atoms with van der Waals surface area (Å²) >= 11 is 0. The number of aliphatic hydroxyl groups is 1. The van der Waals surface area contributed by atoms with Gasteiger partial charge in [-0.1, -0.05) is 6.07 Å². The average molecular weight is 239 g/mol. The van der Waals surface area contributed by atoms with E-state index in [1.807, 2.05) is 30.3 Å². The topological polar surface area (TPSA) is 57.6 Å². The van der Waals surface area contributed by atoms with Gasteiger partial charge in [-0.25, -0.2) is 4.98 Å². The molecule has 0 spiro atoms. The van der Waals surface area contributed by atoms with Crippen LogP contribution in [0.2, 0.25) is 0 Å². The van der Waals surface area contributed by atoms with Crippen LogP contribution >= 0.6 is 0 Å². The molecule has 0 fully saturated rings. The number of nitrogens with zero attached hydrogens (tertiary/aromatic N) is 2. The summed E-state index contributed by atoms with van der Waals surface area (Å²) in [5.41, 5.74) is 1.15. The molecule has 0 unspecified atom stereocenters. The predicted molar refractivity (Wildman–Crippen MR) is 68.2 cm³/mol. The Labute approximate surface area is 102 Å². The van der Waals surface area contributed by atoms with Gasteiger partial charge in [0.25, 0.3) is 0 Å². The van der Waals surface area contributed by atoms with E-state index in [0.717, 1.165) is 24.5 Å². The standard InChI is InChI=1S/C12H21N3O2/c1-13-9-11-3-4-12(14-10-11)15(5-7-16)6-8-17-2/h3-4,10,13,16H,5-9H2,1-2H3. The van der Waals surface area contributed by atoms with Gasteiger partial charge in [0, 0.05) is 32.9 Å². The molecule has 1 heterocycles. The largest absolute Gasteiger partial charge is 0.395 e. The van der Waals surface area contributed by atoms with Gasteiger partial charge in [-0.15, -0.1) is 0 Å². The molecule has 0 bridgehead atoms. The molecule has 1 rings (SSSR count). The number of nitrogens with one attached hydrogen (secondary N) is 1. The molecular weight excluding hydrogens is 218 g/mol. The molecule has 0 saturated carbocycles. The molecule has 5 heteroatoms. The second-order valence-corrected chi connectivity index (χ2v) is 3.76. The highest BCUT2D eigenvalue weighted by molar-refractivity contribution is 5.39. The van der Waals surface area contributed by atoms with Gasteiger partial charge in [-0.2, -0.15) is 0 Å². The van der Waals surface area contributed by atoms with E-state index >= 15 is 0 Å². The number of ether oxygens (including phenoxy) is 1. The molecule has 1 aromatic rings. The molecule has 0 saturated heterocycles. The van der Waals surface area contributed by atoms with Crippen LogP contribution in [0.5, 0.6) is 0 Å². The first-order valence-electron chi connectivity index (χ1n) is 5.76. The lowest BCUT2D eigenvalue weighted by molar-refractivity contribution is 0.202. The van der Waals surface area contributed by atoms with Crippen LogP contribution in [0, 0.1) is 0 Å². The minimum Gasteiger partial charge on any atom is -0.395 e. The van der Waals surface area contributed by atoms with Gasteiger partial charge in [-0.05, 0) is 18.7 Å². The molecule has 0 amide bonds. The zero-order valence-electron chi connectivity index (χ0n) is 10.5. The van der Waals surface area contributed by atoms with E-state index < -0.39 is 0 Å². The van der Waals surface area contributed by atoms with Crippen LogP contribution in [0.1, 0.15) is 5.56 Å². The van der Waals surface area contributed by atoms with Gasteiger partial charge < -0.3 is 20.1 Å². The van der Waals surface area contributed by atoms with Crippen LogP contribution in [-0.4, -0.2) is 50.6 Å². The summed E-state index contributed by atoms with van der Waals surface area (Å²) in [4.78, 5) is 6.40. The van der Waals surface area contributed by atoms with Crippen LogP contribution in [0.4, 0.5) is 5.82 Å². The molecule has 0 aromatic carbocycles. The van der Waals surface area contributed by atoms with Gasteiger partial charge in [0.1, 0.15) is 5.82 Å². The number of pyridine rings is 1. The Balaban J connectivity index is 2.65. The number of hydrogen-bond acceptors (Lipinski definition) is 5. The van der Waals surface area contributed by atoms with Crippen molar-refractivity contribution in [1.82, 2.24) is 10.3 Å². The van der Waals surface area contributed by atoms with Crippen molar-refractivity contribution in [2.45, 2.75) is 6.54 Å². The van der Waals surface area contributed by atoms with Crippen molar-refractivity contribution in [3.63, 3.8) is 0 Å². The highest BCUT2D eigenvalue weighted by atomic mass is 16.5. The molecule has 2 N–H and O–H groups in total. The van der Waals surface area contributed by atoms with Crippen LogP contribution in [0.25, 0.3) is 0 Å². The van der Waals surface area contributed by atoms with Crippen molar-refractivity contribution in [3.05, 3.63) is 23.9 Å². The Morgan fingerprint density at radius 1 is 1.41 bits per heavy atom. The average Bonchev–Trinajstić information content (AvgIpc) is 2.36. The molecular formula is C12H21N3O2. The van der Waals surface area contributed by atoms with E-state index in [9.17, 15) is 0 Å². The van der Waals surface area contributed by atoms with Crippen LogP contribution in [0.15, 0.2) is 18.3 Å². The lowest BCUT2D eigenvalue weighted by Crippen LogP contribution is -2.30. The number of hydrogen-bond donors (Lipinski definition) is 2. The highest BCUT2D eigenvalue weighted by Crippen LogP contribution is 2.10. The maximum Gasteiger partial charge on any atom is 0.128 e. The summed E-state index contributed by atoms with van der Waals surface area (Å²) in [6.07, 6.45) is 1.85. The number of methoxy groups -OCH3 is 1. The van der Waals surface area contributed by atoms with Crippen LogP contribution < -0.4 is 10.2 Å². The Morgan fingerprint density at radius 2 is 2.24 bits per heavy atom. The first-order chi connectivity index (χ1) is 8.31. The van der Waals surface area contributed by atoms with Crippen LogP contribution in [-0.2, 0) is 11.3 Å². The third kappa shape index (κ3) is 4.68. The summed E-state index contributed by atoms with van der Waals surface area (Å²) < 4.78 is 5.04.